The summed E-state index contributed by atoms with van der Waals surface area (Å²) in [4.78, 5) is 0. The summed E-state index contributed by atoms with van der Waals surface area (Å²) in [6.07, 6.45) is 1.86. The van der Waals surface area contributed by atoms with Gasteiger partial charge < -0.3 is 10.8 Å². The summed E-state index contributed by atoms with van der Waals surface area (Å²) in [6, 6.07) is 0. The highest BCUT2D eigenvalue weighted by Crippen LogP contribution is 2.21. The van der Waals surface area contributed by atoms with Crippen molar-refractivity contribution in [1.29, 1.82) is 0 Å². The molecule has 0 aliphatic carbocycles. The molecule has 1 heterocycles. The van der Waals surface area contributed by atoms with Gasteiger partial charge in [0.15, 0.2) is 0 Å². The summed E-state index contributed by atoms with van der Waals surface area (Å²) in [5.41, 5.74) is 6.25. The lowest BCUT2D eigenvalue weighted by molar-refractivity contribution is 0.102. The quantitative estimate of drug-likeness (QED) is 0.681. The molecule has 1 rings (SSSR count). The van der Waals surface area contributed by atoms with Crippen LogP contribution in [-0.2, 0) is 7.05 Å². The summed E-state index contributed by atoms with van der Waals surface area (Å²) in [7, 11) is 1.76. The van der Waals surface area contributed by atoms with E-state index in [0.717, 1.165) is 12.1 Å². The molecule has 13 heavy (non-hydrogen) atoms. The number of aliphatic hydroxyl groups is 1. The fourth-order valence-electron chi connectivity index (χ4n) is 1.33. The smallest absolute Gasteiger partial charge is 0.101 e. The molecule has 5 nitrogen and oxygen atoms in total. The molecular formula is C8H16N4O. The van der Waals surface area contributed by atoms with E-state index in [1.54, 1.807) is 17.9 Å². The van der Waals surface area contributed by atoms with E-state index in [-0.39, 0.29) is 5.92 Å². The normalized spacial score (nSPS) is 15.7. The van der Waals surface area contributed by atoms with Crippen LogP contribution in [0, 0.1) is 5.92 Å². The summed E-state index contributed by atoms with van der Waals surface area (Å²) in [6.45, 7) is 2.48. The van der Waals surface area contributed by atoms with Gasteiger partial charge in [0.25, 0.3) is 0 Å². The van der Waals surface area contributed by atoms with Gasteiger partial charge in [-0.2, -0.15) is 0 Å². The summed E-state index contributed by atoms with van der Waals surface area (Å²) in [5, 5.41) is 17.3. The van der Waals surface area contributed by atoms with Gasteiger partial charge in [-0.15, -0.1) is 5.10 Å². The van der Waals surface area contributed by atoms with Crippen molar-refractivity contribution in [3.05, 3.63) is 11.9 Å². The number of rotatable bonds is 4. The number of nitrogens with zero attached hydrogens (tertiary/aromatic N) is 3. The van der Waals surface area contributed by atoms with Crippen molar-refractivity contribution in [2.24, 2.45) is 18.7 Å². The first-order chi connectivity index (χ1) is 6.20. The maximum absolute atomic E-state index is 9.87. The lowest BCUT2D eigenvalue weighted by Crippen LogP contribution is -2.22. The summed E-state index contributed by atoms with van der Waals surface area (Å²) < 4.78 is 1.57. The van der Waals surface area contributed by atoms with Crippen LogP contribution in [0.2, 0.25) is 0 Å². The summed E-state index contributed by atoms with van der Waals surface area (Å²) >= 11 is 0. The lowest BCUT2D eigenvalue weighted by Gasteiger charge is -2.18. The van der Waals surface area contributed by atoms with E-state index >= 15 is 0 Å². The van der Waals surface area contributed by atoms with Crippen molar-refractivity contribution in [3.8, 4) is 0 Å². The van der Waals surface area contributed by atoms with Crippen LogP contribution in [0.1, 0.15) is 25.1 Å². The Kier molecular flexibility index (Phi) is 3.39. The van der Waals surface area contributed by atoms with Gasteiger partial charge in [-0.3, -0.25) is 0 Å². The van der Waals surface area contributed by atoms with Crippen LogP contribution < -0.4 is 5.73 Å². The van der Waals surface area contributed by atoms with Crippen molar-refractivity contribution < 1.29 is 5.11 Å². The van der Waals surface area contributed by atoms with E-state index in [0.29, 0.717) is 6.54 Å². The maximum atomic E-state index is 9.87. The number of nitrogens with two attached hydrogens (primary N) is 1. The van der Waals surface area contributed by atoms with Gasteiger partial charge in [-0.1, -0.05) is 12.1 Å². The van der Waals surface area contributed by atoms with Crippen LogP contribution in [0.15, 0.2) is 6.20 Å². The zero-order valence-corrected chi connectivity index (χ0v) is 8.01. The SMILES string of the molecule is CCC(CN)C(O)c1cnnn1C. The van der Waals surface area contributed by atoms with Crippen LogP contribution in [0.3, 0.4) is 0 Å². The van der Waals surface area contributed by atoms with Gasteiger partial charge in [0.05, 0.1) is 11.9 Å². The Bertz CT molecular complexity index is 256. The molecule has 0 amide bonds. The Labute approximate surface area is 77.6 Å². The van der Waals surface area contributed by atoms with E-state index in [2.05, 4.69) is 10.3 Å². The molecule has 0 spiro atoms. The van der Waals surface area contributed by atoms with Gasteiger partial charge in [-0.25, -0.2) is 4.68 Å². The zero-order valence-electron chi connectivity index (χ0n) is 8.01. The molecule has 2 atom stereocenters. The molecular weight excluding hydrogens is 168 g/mol. The highest BCUT2D eigenvalue weighted by atomic mass is 16.3. The second-order valence-corrected chi connectivity index (χ2v) is 3.13. The molecule has 5 heteroatoms. The largest absolute Gasteiger partial charge is 0.386 e. The predicted molar refractivity (Wildman–Crippen MR) is 48.8 cm³/mol. The molecule has 0 fully saturated rings. The maximum Gasteiger partial charge on any atom is 0.101 e. The van der Waals surface area contributed by atoms with Gasteiger partial charge in [-0.05, 0) is 13.0 Å². The topological polar surface area (TPSA) is 77.0 Å². The van der Waals surface area contributed by atoms with Crippen LogP contribution in [0.25, 0.3) is 0 Å². The molecule has 0 aliphatic rings. The first-order valence-corrected chi connectivity index (χ1v) is 4.43. The zero-order chi connectivity index (χ0) is 9.84. The number of aryl methyl sites for hydroxylation is 1. The molecule has 0 aliphatic heterocycles. The van der Waals surface area contributed by atoms with E-state index in [1.165, 1.54) is 0 Å². The molecule has 0 aromatic carbocycles. The monoisotopic (exact) mass is 184 g/mol. The van der Waals surface area contributed by atoms with Crippen molar-refractivity contribution in [2.45, 2.75) is 19.4 Å². The van der Waals surface area contributed by atoms with Crippen molar-refractivity contribution >= 4 is 0 Å². The van der Waals surface area contributed by atoms with Crippen LogP contribution >= 0.6 is 0 Å². The van der Waals surface area contributed by atoms with Crippen molar-refractivity contribution in [1.82, 2.24) is 15.0 Å². The third-order valence-electron chi connectivity index (χ3n) is 2.33. The Morgan fingerprint density at radius 1 is 1.69 bits per heavy atom. The first-order valence-electron chi connectivity index (χ1n) is 4.43. The Morgan fingerprint density at radius 3 is 2.77 bits per heavy atom. The fourth-order valence-corrected chi connectivity index (χ4v) is 1.33. The number of aliphatic hydroxyl groups excluding tert-OH is 1. The van der Waals surface area contributed by atoms with Crippen molar-refractivity contribution in [2.75, 3.05) is 6.54 Å². The minimum absolute atomic E-state index is 0.0807. The standard InChI is InChI=1S/C8H16N4O/c1-3-6(4-9)8(13)7-5-10-11-12(7)2/h5-6,8,13H,3-4,9H2,1-2H3. The van der Waals surface area contributed by atoms with E-state index < -0.39 is 6.10 Å². The third kappa shape index (κ3) is 2.05. The van der Waals surface area contributed by atoms with Gasteiger partial charge in [0.1, 0.15) is 6.10 Å². The molecule has 3 N–H and O–H groups in total. The Morgan fingerprint density at radius 2 is 2.38 bits per heavy atom. The minimum Gasteiger partial charge on any atom is -0.386 e. The molecule has 0 radical (unpaired) electrons. The Balaban J connectivity index is 2.77. The van der Waals surface area contributed by atoms with Crippen LogP contribution in [-0.4, -0.2) is 26.6 Å². The number of hydrogen-bond donors (Lipinski definition) is 2. The fraction of sp³-hybridized carbons (Fsp3) is 0.750. The molecule has 1 aromatic rings. The van der Waals surface area contributed by atoms with Gasteiger partial charge in [0, 0.05) is 13.0 Å². The first kappa shape index (κ1) is 10.1. The molecule has 0 saturated carbocycles. The van der Waals surface area contributed by atoms with E-state index in [1.807, 2.05) is 6.92 Å². The second kappa shape index (κ2) is 4.34. The minimum atomic E-state index is -0.560. The molecule has 74 valence electrons. The molecule has 2 unspecified atom stereocenters. The highest BCUT2D eigenvalue weighted by Gasteiger charge is 2.20. The average molecular weight is 184 g/mol. The molecule has 0 saturated heterocycles. The van der Waals surface area contributed by atoms with E-state index in [4.69, 9.17) is 5.73 Å². The number of aromatic nitrogens is 3. The average Bonchev–Trinajstić information content (AvgIpc) is 2.53. The Hall–Kier alpha value is -0.940. The summed E-state index contributed by atoms with van der Waals surface area (Å²) in [5.74, 6) is 0.0807. The van der Waals surface area contributed by atoms with Crippen LogP contribution in [0.5, 0.6) is 0 Å². The van der Waals surface area contributed by atoms with Crippen LogP contribution in [0.4, 0.5) is 0 Å². The van der Waals surface area contributed by atoms with E-state index in [9.17, 15) is 5.11 Å². The van der Waals surface area contributed by atoms with Gasteiger partial charge in [0.2, 0.25) is 0 Å². The lowest BCUT2D eigenvalue weighted by atomic mass is 9.97. The second-order valence-electron chi connectivity index (χ2n) is 3.13. The van der Waals surface area contributed by atoms with Gasteiger partial charge >= 0.3 is 0 Å². The predicted octanol–water partition coefficient (Wildman–Crippen LogP) is -0.167. The third-order valence-corrected chi connectivity index (χ3v) is 2.33. The number of hydrogen-bond acceptors (Lipinski definition) is 4. The highest BCUT2D eigenvalue weighted by molar-refractivity contribution is 5.00. The molecule has 0 bridgehead atoms. The van der Waals surface area contributed by atoms with Crippen molar-refractivity contribution in [3.63, 3.8) is 0 Å². The molecule has 1 aromatic heterocycles.